The Bertz CT molecular complexity index is 622. The lowest BCUT2D eigenvalue weighted by molar-refractivity contribution is 0.211. The van der Waals surface area contributed by atoms with Gasteiger partial charge in [-0.05, 0) is 35.7 Å². The van der Waals surface area contributed by atoms with E-state index in [-0.39, 0.29) is 0 Å². The minimum absolute atomic E-state index is 0.321. The highest BCUT2D eigenvalue weighted by atomic mass is 16.5. The van der Waals surface area contributed by atoms with E-state index in [4.69, 9.17) is 10.5 Å². The third kappa shape index (κ3) is 2.80. The Morgan fingerprint density at radius 3 is 2.62 bits per heavy atom. The van der Waals surface area contributed by atoms with Crippen LogP contribution in [-0.4, -0.2) is 18.6 Å². The van der Waals surface area contributed by atoms with E-state index in [1.54, 1.807) is 7.11 Å². The standard InChI is InChI=1S/C18H22N2O/c1-13-3-6-15-12-20(18(10-19)17(15)9-13)11-14-4-7-16(21-2)8-5-14/h3-9,18H,10-12,19H2,1-2H3. The van der Waals surface area contributed by atoms with Crippen molar-refractivity contribution in [2.24, 2.45) is 5.73 Å². The highest BCUT2D eigenvalue weighted by Crippen LogP contribution is 2.34. The van der Waals surface area contributed by atoms with Crippen LogP contribution >= 0.6 is 0 Å². The lowest BCUT2D eigenvalue weighted by Crippen LogP contribution is -2.27. The van der Waals surface area contributed by atoms with Gasteiger partial charge in [-0.2, -0.15) is 0 Å². The molecule has 1 atom stereocenters. The third-order valence-corrected chi connectivity index (χ3v) is 4.24. The average Bonchev–Trinajstić information content (AvgIpc) is 2.84. The number of methoxy groups -OCH3 is 1. The normalized spacial score (nSPS) is 17.8. The van der Waals surface area contributed by atoms with Gasteiger partial charge >= 0.3 is 0 Å². The Hall–Kier alpha value is -1.84. The summed E-state index contributed by atoms with van der Waals surface area (Å²) in [4.78, 5) is 2.45. The van der Waals surface area contributed by atoms with Crippen LogP contribution in [0.4, 0.5) is 0 Å². The summed E-state index contributed by atoms with van der Waals surface area (Å²) in [5, 5.41) is 0. The van der Waals surface area contributed by atoms with E-state index in [1.165, 1.54) is 22.3 Å². The second kappa shape index (κ2) is 5.88. The largest absolute Gasteiger partial charge is 0.497 e. The van der Waals surface area contributed by atoms with Crippen molar-refractivity contribution in [3.63, 3.8) is 0 Å². The van der Waals surface area contributed by atoms with Crippen LogP contribution in [0.2, 0.25) is 0 Å². The average molecular weight is 282 g/mol. The molecule has 1 aliphatic heterocycles. The summed E-state index contributed by atoms with van der Waals surface area (Å²) in [6.45, 7) is 4.69. The Kier molecular flexibility index (Phi) is 3.95. The molecule has 3 rings (SSSR count). The van der Waals surface area contributed by atoms with Crippen molar-refractivity contribution in [3.8, 4) is 5.75 Å². The summed E-state index contributed by atoms with van der Waals surface area (Å²) in [5.41, 5.74) is 11.4. The second-order valence-electron chi connectivity index (χ2n) is 5.71. The first kappa shape index (κ1) is 14.1. The molecular weight excluding hydrogens is 260 g/mol. The van der Waals surface area contributed by atoms with Crippen molar-refractivity contribution < 1.29 is 4.74 Å². The van der Waals surface area contributed by atoms with Crippen LogP contribution in [0.1, 0.15) is 28.3 Å². The molecule has 1 heterocycles. The minimum Gasteiger partial charge on any atom is -0.497 e. The molecule has 110 valence electrons. The van der Waals surface area contributed by atoms with Gasteiger partial charge in [-0.15, -0.1) is 0 Å². The van der Waals surface area contributed by atoms with E-state index in [9.17, 15) is 0 Å². The van der Waals surface area contributed by atoms with E-state index in [1.807, 2.05) is 12.1 Å². The minimum atomic E-state index is 0.321. The van der Waals surface area contributed by atoms with E-state index < -0.39 is 0 Å². The summed E-state index contributed by atoms with van der Waals surface area (Å²) in [7, 11) is 1.69. The van der Waals surface area contributed by atoms with Crippen molar-refractivity contribution in [1.82, 2.24) is 4.90 Å². The fourth-order valence-corrected chi connectivity index (χ4v) is 3.10. The van der Waals surface area contributed by atoms with Gasteiger partial charge in [0.1, 0.15) is 5.75 Å². The monoisotopic (exact) mass is 282 g/mol. The van der Waals surface area contributed by atoms with Crippen molar-refractivity contribution >= 4 is 0 Å². The van der Waals surface area contributed by atoms with Gasteiger partial charge in [0.25, 0.3) is 0 Å². The Labute approximate surface area is 126 Å². The molecule has 0 saturated carbocycles. The number of ether oxygens (including phenoxy) is 1. The van der Waals surface area contributed by atoms with E-state index in [0.29, 0.717) is 12.6 Å². The molecule has 1 aliphatic rings. The summed E-state index contributed by atoms with van der Waals surface area (Å²) in [5.74, 6) is 0.898. The zero-order chi connectivity index (χ0) is 14.8. The zero-order valence-electron chi connectivity index (χ0n) is 12.7. The van der Waals surface area contributed by atoms with Crippen LogP contribution in [0.5, 0.6) is 5.75 Å². The summed E-state index contributed by atoms with van der Waals surface area (Å²) < 4.78 is 5.21. The fourth-order valence-electron chi connectivity index (χ4n) is 3.10. The number of aryl methyl sites for hydroxylation is 1. The Morgan fingerprint density at radius 1 is 1.19 bits per heavy atom. The van der Waals surface area contributed by atoms with Gasteiger partial charge in [0.05, 0.1) is 7.11 Å². The van der Waals surface area contributed by atoms with E-state index in [0.717, 1.165) is 18.8 Å². The Morgan fingerprint density at radius 2 is 1.95 bits per heavy atom. The highest BCUT2D eigenvalue weighted by Gasteiger charge is 2.28. The molecule has 3 nitrogen and oxygen atoms in total. The fraction of sp³-hybridized carbons (Fsp3) is 0.333. The second-order valence-corrected chi connectivity index (χ2v) is 5.71. The predicted molar refractivity (Wildman–Crippen MR) is 85.2 cm³/mol. The van der Waals surface area contributed by atoms with Gasteiger partial charge in [0.2, 0.25) is 0 Å². The lowest BCUT2D eigenvalue weighted by Gasteiger charge is -2.24. The van der Waals surface area contributed by atoms with Crippen LogP contribution in [0, 0.1) is 6.92 Å². The van der Waals surface area contributed by atoms with Crippen molar-refractivity contribution in [2.75, 3.05) is 13.7 Å². The van der Waals surface area contributed by atoms with Crippen LogP contribution < -0.4 is 10.5 Å². The maximum absolute atomic E-state index is 6.03. The number of benzene rings is 2. The number of hydrogen-bond acceptors (Lipinski definition) is 3. The molecule has 21 heavy (non-hydrogen) atoms. The van der Waals surface area contributed by atoms with Crippen LogP contribution in [0.3, 0.4) is 0 Å². The topological polar surface area (TPSA) is 38.5 Å². The maximum Gasteiger partial charge on any atom is 0.118 e. The molecule has 0 saturated heterocycles. The number of nitrogens with zero attached hydrogens (tertiary/aromatic N) is 1. The van der Waals surface area contributed by atoms with Gasteiger partial charge < -0.3 is 10.5 Å². The number of fused-ring (bicyclic) bond motifs is 1. The van der Waals surface area contributed by atoms with Crippen molar-refractivity contribution in [1.29, 1.82) is 0 Å². The molecule has 2 aromatic carbocycles. The molecule has 0 fully saturated rings. The molecule has 1 unspecified atom stereocenters. The number of nitrogens with two attached hydrogens (primary N) is 1. The molecule has 0 bridgehead atoms. The first-order valence-corrected chi connectivity index (χ1v) is 7.37. The van der Waals surface area contributed by atoms with E-state index in [2.05, 4.69) is 42.2 Å². The van der Waals surface area contributed by atoms with Gasteiger partial charge in [-0.1, -0.05) is 35.9 Å². The molecule has 2 aromatic rings. The molecule has 0 aromatic heterocycles. The molecule has 3 heteroatoms. The predicted octanol–water partition coefficient (Wildman–Crippen LogP) is 3.02. The van der Waals surface area contributed by atoms with Gasteiger partial charge in [-0.25, -0.2) is 0 Å². The van der Waals surface area contributed by atoms with Crippen LogP contribution in [-0.2, 0) is 13.1 Å². The SMILES string of the molecule is COc1ccc(CN2Cc3ccc(C)cc3C2CN)cc1. The van der Waals surface area contributed by atoms with Gasteiger partial charge in [-0.3, -0.25) is 4.90 Å². The van der Waals surface area contributed by atoms with Crippen molar-refractivity contribution in [3.05, 3.63) is 64.7 Å². The van der Waals surface area contributed by atoms with Crippen LogP contribution in [0.25, 0.3) is 0 Å². The highest BCUT2D eigenvalue weighted by molar-refractivity contribution is 5.38. The number of rotatable bonds is 4. The van der Waals surface area contributed by atoms with Crippen LogP contribution in [0.15, 0.2) is 42.5 Å². The van der Waals surface area contributed by atoms with Gasteiger partial charge in [0.15, 0.2) is 0 Å². The van der Waals surface area contributed by atoms with Gasteiger partial charge in [0, 0.05) is 25.7 Å². The molecule has 0 radical (unpaired) electrons. The molecule has 0 amide bonds. The molecular formula is C18H22N2O. The smallest absolute Gasteiger partial charge is 0.118 e. The maximum atomic E-state index is 6.03. The Balaban J connectivity index is 1.80. The molecule has 0 spiro atoms. The molecule has 2 N–H and O–H groups in total. The summed E-state index contributed by atoms with van der Waals surface area (Å²) >= 11 is 0. The first-order chi connectivity index (χ1) is 10.2. The first-order valence-electron chi connectivity index (χ1n) is 7.37. The lowest BCUT2D eigenvalue weighted by atomic mass is 10.0. The quantitative estimate of drug-likeness (QED) is 0.937. The zero-order valence-corrected chi connectivity index (χ0v) is 12.7. The van der Waals surface area contributed by atoms with E-state index >= 15 is 0 Å². The summed E-state index contributed by atoms with van der Waals surface area (Å²) in [6.07, 6.45) is 0. The summed E-state index contributed by atoms with van der Waals surface area (Å²) in [6, 6.07) is 15.3. The molecule has 0 aliphatic carbocycles. The third-order valence-electron chi connectivity index (χ3n) is 4.24. The number of hydrogen-bond donors (Lipinski definition) is 1. The van der Waals surface area contributed by atoms with Crippen molar-refractivity contribution in [2.45, 2.75) is 26.1 Å².